The number of nitrogens with zero attached hydrogens (tertiary/aromatic N) is 2. The van der Waals surface area contributed by atoms with Crippen molar-refractivity contribution in [3.63, 3.8) is 0 Å². The fourth-order valence-corrected chi connectivity index (χ4v) is 2.45. The van der Waals surface area contributed by atoms with Gasteiger partial charge in [0.2, 0.25) is 0 Å². The van der Waals surface area contributed by atoms with Crippen LogP contribution >= 0.6 is 11.6 Å². The van der Waals surface area contributed by atoms with E-state index in [1.807, 2.05) is 0 Å². The predicted molar refractivity (Wildman–Crippen MR) is 90.3 cm³/mol. The van der Waals surface area contributed by atoms with Crippen LogP contribution in [0.25, 0.3) is 0 Å². The van der Waals surface area contributed by atoms with Crippen LogP contribution < -0.4 is 10.1 Å². The summed E-state index contributed by atoms with van der Waals surface area (Å²) in [7, 11) is 1.77. The second-order valence-electron chi connectivity index (χ2n) is 5.39. The Balaban J connectivity index is 1.63. The zero-order valence-corrected chi connectivity index (χ0v) is 14.3. The van der Waals surface area contributed by atoms with Crippen LogP contribution in [-0.4, -0.2) is 15.7 Å². The largest absolute Gasteiger partial charge is 0.484 e. The lowest BCUT2D eigenvalue weighted by molar-refractivity contribution is 0.0992. The third-order valence-corrected chi connectivity index (χ3v) is 3.71. The number of aryl methyl sites for hydroxylation is 2. The summed E-state index contributed by atoms with van der Waals surface area (Å²) in [4.78, 5) is 12.2. The van der Waals surface area contributed by atoms with Gasteiger partial charge in [-0.2, -0.15) is 5.10 Å². The number of furan rings is 1. The van der Waals surface area contributed by atoms with Crippen LogP contribution in [0.15, 0.2) is 40.9 Å². The van der Waals surface area contributed by atoms with Crippen LogP contribution in [0.5, 0.6) is 5.75 Å². The van der Waals surface area contributed by atoms with Gasteiger partial charge in [-0.3, -0.25) is 9.48 Å². The monoisotopic (exact) mass is 363 g/mol. The highest BCUT2D eigenvalue weighted by Crippen LogP contribution is 2.26. The van der Waals surface area contributed by atoms with Crippen LogP contribution in [0.4, 0.5) is 10.1 Å². The Labute approximate surface area is 148 Å². The van der Waals surface area contributed by atoms with E-state index in [0.717, 1.165) is 6.07 Å². The molecular weight excluding hydrogens is 349 g/mol. The van der Waals surface area contributed by atoms with Crippen LogP contribution in [0.2, 0.25) is 5.02 Å². The van der Waals surface area contributed by atoms with Gasteiger partial charge in [-0.15, -0.1) is 0 Å². The molecule has 6 nitrogen and oxygen atoms in total. The van der Waals surface area contributed by atoms with Gasteiger partial charge in [0.25, 0.3) is 5.91 Å². The third kappa shape index (κ3) is 4.00. The second kappa shape index (κ2) is 6.98. The number of rotatable bonds is 5. The van der Waals surface area contributed by atoms with Crippen molar-refractivity contribution >= 4 is 23.2 Å². The van der Waals surface area contributed by atoms with Gasteiger partial charge in [-0.1, -0.05) is 11.6 Å². The minimum absolute atomic E-state index is 0.0601. The SMILES string of the molecule is Cc1nn(C)cc1NC(=O)c1ccc(COc2ccc(F)cc2Cl)o1. The zero-order valence-electron chi connectivity index (χ0n) is 13.5. The summed E-state index contributed by atoms with van der Waals surface area (Å²) in [6.45, 7) is 1.86. The molecule has 0 unspecified atom stereocenters. The molecule has 0 radical (unpaired) electrons. The Morgan fingerprint density at radius 2 is 2.20 bits per heavy atom. The molecule has 0 aliphatic carbocycles. The van der Waals surface area contributed by atoms with E-state index in [2.05, 4.69) is 10.4 Å². The fraction of sp³-hybridized carbons (Fsp3) is 0.176. The molecule has 0 aliphatic heterocycles. The molecule has 2 aromatic heterocycles. The number of carbonyl (C=O) groups excluding carboxylic acids is 1. The number of anilines is 1. The fourth-order valence-electron chi connectivity index (χ4n) is 2.22. The van der Waals surface area contributed by atoms with Crippen LogP contribution in [0, 0.1) is 12.7 Å². The number of halogens is 2. The Morgan fingerprint density at radius 3 is 2.88 bits per heavy atom. The minimum Gasteiger partial charge on any atom is -0.484 e. The van der Waals surface area contributed by atoms with Crippen molar-refractivity contribution in [1.29, 1.82) is 0 Å². The molecule has 0 saturated carbocycles. The van der Waals surface area contributed by atoms with Crippen molar-refractivity contribution in [3.05, 3.63) is 64.6 Å². The van der Waals surface area contributed by atoms with Crippen molar-refractivity contribution < 1.29 is 18.3 Å². The Morgan fingerprint density at radius 1 is 1.40 bits per heavy atom. The van der Waals surface area contributed by atoms with Gasteiger partial charge >= 0.3 is 0 Å². The van der Waals surface area contributed by atoms with Gasteiger partial charge in [-0.25, -0.2) is 4.39 Å². The van der Waals surface area contributed by atoms with Crippen LogP contribution in [-0.2, 0) is 13.7 Å². The lowest BCUT2D eigenvalue weighted by atomic mass is 10.3. The van der Waals surface area contributed by atoms with Crippen molar-refractivity contribution in [2.24, 2.45) is 7.05 Å². The summed E-state index contributed by atoms with van der Waals surface area (Å²) in [5.41, 5.74) is 1.32. The number of ether oxygens (including phenoxy) is 1. The lowest BCUT2D eigenvalue weighted by Crippen LogP contribution is -2.11. The number of nitrogens with one attached hydrogen (secondary N) is 1. The standard InChI is InChI=1S/C17H15ClFN3O3/c1-10-14(8-22(2)21-10)20-17(23)16-6-4-12(25-16)9-24-15-5-3-11(19)7-13(15)18/h3-8H,9H2,1-2H3,(H,20,23). The smallest absolute Gasteiger partial charge is 0.291 e. The second-order valence-corrected chi connectivity index (χ2v) is 5.79. The molecule has 3 aromatic rings. The van der Waals surface area contributed by atoms with Gasteiger partial charge < -0.3 is 14.5 Å². The number of hydrogen-bond donors (Lipinski definition) is 1. The van der Waals surface area contributed by atoms with Gasteiger partial charge in [-0.05, 0) is 37.3 Å². The van der Waals surface area contributed by atoms with Crippen molar-refractivity contribution in [1.82, 2.24) is 9.78 Å². The van der Waals surface area contributed by atoms with Gasteiger partial charge in [0.05, 0.1) is 16.4 Å². The molecule has 0 fully saturated rings. The Bertz CT molecular complexity index is 920. The summed E-state index contributed by atoms with van der Waals surface area (Å²) in [5, 5.41) is 7.05. The number of aromatic nitrogens is 2. The molecule has 1 aromatic carbocycles. The molecule has 25 heavy (non-hydrogen) atoms. The molecule has 8 heteroatoms. The highest BCUT2D eigenvalue weighted by atomic mass is 35.5. The summed E-state index contributed by atoms with van der Waals surface area (Å²) in [5.74, 6) is 0.0825. The average Bonchev–Trinajstić information content (AvgIpc) is 3.13. The number of hydrogen-bond acceptors (Lipinski definition) is 4. The Kier molecular flexibility index (Phi) is 4.76. The predicted octanol–water partition coefficient (Wildman–Crippen LogP) is 3.95. The first-order valence-corrected chi connectivity index (χ1v) is 7.78. The lowest BCUT2D eigenvalue weighted by Gasteiger charge is -2.06. The highest BCUT2D eigenvalue weighted by molar-refractivity contribution is 6.32. The zero-order chi connectivity index (χ0) is 18.0. The number of benzene rings is 1. The third-order valence-electron chi connectivity index (χ3n) is 3.41. The molecular formula is C17H15ClFN3O3. The molecule has 130 valence electrons. The van der Waals surface area contributed by atoms with E-state index in [9.17, 15) is 9.18 Å². The maximum absolute atomic E-state index is 13.0. The normalized spacial score (nSPS) is 10.7. The minimum atomic E-state index is -0.444. The van der Waals surface area contributed by atoms with E-state index in [-0.39, 0.29) is 23.3 Å². The molecule has 2 heterocycles. The van der Waals surface area contributed by atoms with Gasteiger partial charge in [0, 0.05) is 13.2 Å². The molecule has 3 rings (SSSR count). The van der Waals surface area contributed by atoms with Gasteiger partial charge in [0.1, 0.15) is 23.9 Å². The van der Waals surface area contributed by atoms with E-state index >= 15 is 0 Å². The van der Waals surface area contributed by atoms with Crippen LogP contribution in [0.3, 0.4) is 0 Å². The summed E-state index contributed by atoms with van der Waals surface area (Å²) < 4.78 is 25.6. The first-order chi connectivity index (χ1) is 11.9. The number of carbonyl (C=O) groups is 1. The van der Waals surface area contributed by atoms with Crippen molar-refractivity contribution in [2.75, 3.05) is 5.32 Å². The van der Waals surface area contributed by atoms with E-state index in [1.54, 1.807) is 37.0 Å². The summed E-state index contributed by atoms with van der Waals surface area (Å²) >= 11 is 5.89. The van der Waals surface area contributed by atoms with Crippen LogP contribution in [0.1, 0.15) is 22.0 Å². The topological polar surface area (TPSA) is 69.3 Å². The summed E-state index contributed by atoms with van der Waals surface area (Å²) in [6, 6.07) is 7.01. The van der Waals surface area contributed by atoms with E-state index in [0.29, 0.717) is 22.9 Å². The van der Waals surface area contributed by atoms with Crippen molar-refractivity contribution in [3.8, 4) is 5.75 Å². The quantitative estimate of drug-likeness (QED) is 0.745. The molecule has 0 atom stereocenters. The van der Waals surface area contributed by atoms with E-state index < -0.39 is 5.82 Å². The van der Waals surface area contributed by atoms with Gasteiger partial charge in [0.15, 0.2) is 5.76 Å². The maximum atomic E-state index is 13.0. The first kappa shape index (κ1) is 17.0. The molecule has 1 N–H and O–H groups in total. The Hall–Kier alpha value is -2.80. The average molecular weight is 364 g/mol. The summed E-state index contributed by atoms with van der Waals surface area (Å²) in [6.07, 6.45) is 1.71. The molecule has 0 saturated heterocycles. The molecule has 0 aliphatic rings. The molecule has 0 bridgehead atoms. The number of amides is 1. The van der Waals surface area contributed by atoms with E-state index in [4.69, 9.17) is 20.8 Å². The van der Waals surface area contributed by atoms with Crippen molar-refractivity contribution in [2.45, 2.75) is 13.5 Å². The first-order valence-electron chi connectivity index (χ1n) is 7.40. The molecule has 0 spiro atoms. The highest BCUT2D eigenvalue weighted by Gasteiger charge is 2.14. The van der Waals surface area contributed by atoms with E-state index in [1.165, 1.54) is 12.1 Å². The molecule has 1 amide bonds. The maximum Gasteiger partial charge on any atom is 0.291 e.